The van der Waals surface area contributed by atoms with Gasteiger partial charge in [0.2, 0.25) is 0 Å². The Morgan fingerprint density at radius 3 is 2.62 bits per heavy atom. The van der Waals surface area contributed by atoms with E-state index < -0.39 is 0 Å². The Bertz CT molecular complexity index is 1140. The number of aromatic nitrogens is 4. The van der Waals surface area contributed by atoms with E-state index in [4.69, 9.17) is 0 Å². The summed E-state index contributed by atoms with van der Waals surface area (Å²) in [6.45, 7) is 0. The van der Waals surface area contributed by atoms with Crippen LogP contribution in [-0.2, 0) is 0 Å². The van der Waals surface area contributed by atoms with Gasteiger partial charge in [0.15, 0.2) is 0 Å². The van der Waals surface area contributed by atoms with Crippen LogP contribution in [0, 0.1) is 0 Å². The Morgan fingerprint density at radius 2 is 1.79 bits per heavy atom. The summed E-state index contributed by atoms with van der Waals surface area (Å²) < 4.78 is 0. The first-order valence-corrected chi connectivity index (χ1v) is 10.3. The molecule has 3 heterocycles. The molecule has 1 aliphatic carbocycles. The largest absolute Gasteiger partial charge is 0.367 e. The first-order chi connectivity index (χ1) is 14.2. The van der Waals surface area contributed by atoms with E-state index in [2.05, 4.69) is 68.5 Å². The summed E-state index contributed by atoms with van der Waals surface area (Å²) in [5.74, 6) is 0.930. The quantitative estimate of drug-likeness (QED) is 0.542. The van der Waals surface area contributed by atoms with Crippen molar-refractivity contribution in [1.82, 2.24) is 24.8 Å². The Balaban J connectivity index is 1.44. The van der Waals surface area contributed by atoms with Gasteiger partial charge < -0.3 is 15.2 Å². The smallest absolute Gasteiger partial charge is 0.137 e. The van der Waals surface area contributed by atoms with Crippen LogP contribution >= 0.6 is 0 Å². The van der Waals surface area contributed by atoms with Crippen LogP contribution in [0.2, 0.25) is 0 Å². The number of anilines is 1. The third-order valence-corrected chi connectivity index (χ3v) is 6.14. The normalized spacial score (nSPS) is 19.8. The lowest BCUT2D eigenvalue weighted by Gasteiger charge is -2.33. The molecule has 1 aromatic carbocycles. The second kappa shape index (κ2) is 7.44. The Kier molecular flexibility index (Phi) is 4.64. The van der Waals surface area contributed by atoms with Crippen LogP contribution in [0.4, 0.5) is 5.82 Å². The lowest BCUT2D eigenvalue weighted by atomic mass is 9.90. The average molecular weight is 387 g/mol. The number of hydrogen-bond donors (Lipinski definition) is 2. The standard InChI is InChI=1S/C23H26N6/c1-29(2)18-6-4-17(5-7-18)28-23-19-11-15(3-8-20(19)26-14-27-23)16-12-22-21(25-13-16)9-10-24-22/h3,8-14,17-18,24H,4-7H2,1-2H3,(H,26,27,28)/t17-,18-. The third-order valence-electron chi connectivity index (χ3n) is 6.14. The van der Waals surface area contributed by atoms with Gasteiger partial charge in [0.25, 0.3) is 0 Å². The van der Waals surface area contributed by atoms with Gasteiger partial charge in [0.1, 0.15) is 12.1 Å². The lowest BCUT2D eigenvalue weighted by Crippen LogP contribution is -2.36. The molecule has 0 spiro atoms. The SMILES string of the molecule is CN(C)[C@H]1CC[C@H](Nc2ncnc3ccc(-c4cnc5cc[nH]c5c4)cc23)CC1. The summed E-state index contributed by atoms with van der Waals surface area (Å²) >= 11 is 0. The predicted molar refractivity (Wildman–Crippen MR) is 118 cm³/mol. The van der Waals surface area contributed by atoms with Crippen LogP contribution in [0.25, 0.3) is 33.1 Å². The molecule has 1 aliphatic rings. The van der Waals surface area contributed by atoms with Crippen molar-refractivity contribution in [3.8, 4) is 11.1 Å². The zero-order valence-electron chi connectivity index (χ0n) is 16.9. The summed E-state index contributed by atoms with van der Waals surface area (Å²) in [5, 5.41) is 4.76. The minimum Gasteiger partial charge on any atom is -0.367 e. The summed E-state index contributed by atoms with van der Waals surface area (Å²) in [5.41, 5.74) is 5.19. The maximum Gasteiger partial charge on any atom is 0.137 e. The molecule has 4 aromatic rings. The molecule has 1 fully saturated rings. The molecular weight excluding hydrogens is 360 g/mol. The van der Waals surface area contributed by atoms with Crippen molar-refractivity contribution < 1.29 is 0 Å². The van der Waals surface area contributed by atoms with Crippen molar-refractivity contribution in [2.45, 2.75) is 37.8 Å². The van der Waals surface area contributed by atoms with Crippen LogP contribution in [0.5, 0.6) is 0 Å². The van der Waals surface area contributed by atoms with Crippen molar-refractivity contribution in [3.63, 3.8) is 0 Å². The molecule has 1 saturated carbocycles. The number of fused-ring (bicyclic) bond motifs is 2. The molecule has 0 unspecified atom stereocenters. The minimum absolute atomic E-state index is 0.463. The number of nitrogens with one attached hydrogen (secondary N) is 2. The number of pyridine rings is 1. The highest BCUT2D eigenvalue weighted by Crippen LogP contribution is 2.30. The average Bonchev–Trinajstić information content (AvgIpc) is 3.22. The van der Waals surface area contributed by atoms with Gasteiger partial charge in [-0.15, -0.1) is 0 Å². The van der Waals surface area contributed by atoms with Crippen molar-refractivity contribution in [3.05, 3.63) is 49.1 Å². The van der Waals surface area contributed by atoms with E-state index >= 15 is 0 Å². The highest BCUT2D eigenvalue weighted by Gasteiger charge is 2.23. The van der Waals surface area contributed by atoms with Crippen LogP contribution in [0.3, 0.4) is 0 Å². The van der Waals surface area contributed by atoms with Crippen molar-refractivity contribution in [1.29, 1.82) is 0 Å². The highest BCUT2D eigenvalue weighted by atomic mass is 15.1. The molecule has 0 bridgehead atoms. The summed E-state index contributed by atoms with van der Waals surface area (Å²) in [7, 11) is 4.36. The molecule has 0 radical (unpaired) electrons. The van der Waals surface area contributed by atoms with Gasteiger partial charge in [-0.05, 0) is 69.6 Å². The number of benzene rings is 1. The van der Waals surface area contributed by atoms with E-state index in [-0.39, 0.29) is 0 Å². The minimum atomic E-state index is 0.463. The monoisotopic (exact) mass is 386 g/mol. The van der Waals surface area contributed by atoms with Crippen LogP contribution in [-0.4, -0.2) is 51.0 Å². The molecule has 148 valence electrons. The number of hydrogen-bond acceptors (Lipinski definition) is 5. The number of nitrogens with zero attached hydrogens (tertiary/aromatic N) is 4. The third kappa shape index (κ3) is 3.56. The molecule has 6 heteroatoms. The van der Waals surface area contributed by atoms with E-state index in [0.717, 1.165) is 38.9 Å². The lowest BCUT2D eigenvalue weighted by molar-refractivity contribution is 0.221. The summed E-state index contributed by atoms with van der Waals surface area (Å²) in [4.78, 5) is 19.2. The van der Waals surface area contributed by atoms with Crippen LogP contribution < -0.4 is 5.32 Å². The van der Waals surface area contributed by atoms with Gasteiger partial charge in [-0.1, -0.05) is 6.07 Å². The molecule has 5 rings (SSSR count). The Labute approximate surface area is 170 Å². The van der Waals surface area contributed by atoms with Crippen molar-refractivity contribution >= 4 is 27.8 Å². The fraction of sp³-hybridized carbons (Fsp3) is 0.348. The Hall–Kier alpha value is -2.99. The van der Waals surface area contributed by atoms with E-state index in [0.29, 0.717) is 12.1 Å². The number of rotatable bonds is 4. The first-order valence-electron chi connectivity index (χ1n) is 10.3. The second-order valence-corrected chi connectivity index (χ2v) is 8.20. The molecule has 6 nitrogen and oxygen atoms in total. The predicted octanol–water partition coefficient (Wildman–Crippen LogP) is 4.46. The van der Waals surface area contributed by atoms with E-state index in [1.165, 1.54) is 25.7 Å². The fourth-order valence-corrected chi connectivity index (χ4v) is 4.37. The molecule has 3 aromatic heterocycles. The van der Waals surface area contributed by atoms with Gasteiger partial charge in [-0.3, -0.25) is 4.98 Å². The van der Waals surface area contributed by atoms with Crippen molar-refractivity contribution in [2.24, 2.45) is 0 Å². The van der Waals surface area contributed by atoms with E-state index in [1.54, 1.807) is 6.33 Å². The van der Waals surface area contributed by atoms with Gasteiger partial charge in [0.05, 0.1) is 16.6 Å². The van der Waals surface area contributed by atoms with E-state index in [1.807, 2.05) is 18.5 Å². The van der Waals surface area contributed by atoms with Gasteiger partial charge in [-0.2, -0.15) is 0 Å². The van der Waals surface area contributed by atoms with Gasteiger partial charge in [-0.25, -0.2) is 9.97 Å². The zero-order valence-corrected chi connectivity index (χ0v) is 16.9. The van der Waals surface area contributed by atoms with E-state index in [9.17, 15) is 0 Å². The summed E-state index contributed by atoms with van der Waals surface area (Å²) in [6, 6.07) is 11.6. The second-order valence-electron chi connectivity index (χ2n) is 8.20. The molecule has 0 atom stereocenters. The highest BCUT2D eigenvalue weighted by molar-refractivity contribution is 5.93. The molecule has 2 N–H and O–H groups in total. The molecule has 0 saturated heterocycles. The zero-order chi connectivity index (χ0) is 19.8. The topological polar surface area (TPSA) is 69.7 Å². The van der Waals surface area contributed by atoms with Gasteiger partial charge >= 0.3 is 0 Å². The fourth-order valence-electron chi connectivity index (χ4n) is 4.37. The Morgan fingerprint density at radius 1 is 0.931 bits per heavy atom. The first kappa shape index (κ1) is 18.1. The number of aromatic amines is 1. The van der Waals surface area contributed by atoms with Crippen LogP contribution in [0.1, 0.15) is 25.7 Å². The molecular formula is C23H26N6. The molecule has 0 amide bonds. The molecule has 0 aliphatic heterocycles. The molecule has 29 heavy (non-hydrogen) atoms. The maximum atomic E-state index is 4.58. The van der Waals surface area contributed by atoms with Crippen molar-refractivity contribution in [2.75, 3.05) is 19.4 Å². The van der Waals surface area contributed by atoms with Gasteiger partial charge in [0, 0.05) is 35.4 Å². The summed E-state index contributed by atoms with van der Waals surface area (Å²) in [6.07, 6.45) is 10.3. The van der Waals surface area contributed by atoms with Crippen LogP contribution in [0.15, 0.2) is 49.1 Å². The number of H-pyrrole nitrogens is 1. The maximum absolute atomic E-state index is 4.58.